The maximum absolute atomic E-state index is 11.6. The van der Waals surface area contributed by atoms with E-state index in [1.807, 2.05) is 13.8 Å². The van der Waals surface area contributed by atoms with Crippen molar-refractivity contribution in [1.29, 1.82) is 0 Å². The van der Waals surface area contributed by atoms with Crippen molar-refractivity contribution in [3.8, 4) is 0 Å². The Labute approximate surface area is 100 Å². The third-order valence-corrected chi connectivity index (χ3v) is 2.27. The van der Waals surface area contributed by atoms with Gasteiger partial charge in [-0.2, -0.15) is 0 Å². The molecule has 0 fully saturated rings. The van der Waals surface area contributed by atoms with Crippen molar-refractivity contribution in [3.63, 3.8) is 0 Å². The minimum Gasteiger partial charge on any atom is -0.314 e. The van der Waals surface area contributed by atoms with Crippen LogP contribution in [-0.2, 0) is 4.79 Å². The molecule has 0 bridgehead atoms. The number of hydrogen-bond donors (Lipinski definition) is 2. The molecule has 4 nitrogen and oxygen atoms in total. The standard InChI is InChI=1S/C11H16ClN3O/c1-3-13-8(2)6-11(16)15-10-7-9(12)4-5-14-10/h4-5,7-8,13H,3,6H2,1-2H3,(H,14,15,16). The second-order valence-corrected chi connectivity index (χ2v) is 4.01. The Morgan fingerprint density at radius 1 is 1.62 bits per heavy atom. The molecule has 1 unspecified atom stereocenters. The van der Waals surface area contributed by atoms with Crippen LogP contribution in [0.1, 0.15) is 20.3 Å². The Kier molecular flexibility index (Phi) is 5.22. The van der Waals surface area contributed by atoms with Gasteiger partial charge in [-0.3, -0.25) is 4.79 Å². The summed E-state index contributed by atoms with van der Waals surface area (Å²) in [5.74, 6) is 0.421. The summed E-state index contributed by atoms with van der Waals surface area (Å²) in [6, 6.07) is 3.44. The molecule has 0 aromatic carbocycles. The van der Waals surface area contributed by atoms with Gasteiger partial charge in [0, 0.05) is 23.7 Å². The molecule has 0 radical (unpaired) electrons. The van der Waals surface area contributed by atoms with Gasteiger partial charge in [-0.1, -0.05) is 18.5 Å². The highest BCUT2D eigenvalue weighted by Gasteiger charge is 2.08. The molecule has 2 N–H and O–H groups in total. The van der Waals surface area contributed by atoms with E-state index in [9.17, 15) is 4.79 Å². The quantitative estimate of drug-likeness (QED) is 0.830. The molecule has 16 heavy (non-hydrogen) atoms. The van der Waals surface area contributed by atoms with E-state index in [0.29, 0.717) is 17.3 Å². The summed E-state index contributed by atoms with van der Waals surface area (Å²) in [5, 5.41) is 6.42. The van der Waals surface area contributed by atoms with E-state index in [1.54, 1.807) is 18.3 Å². The number of rotatable bonds is 5. The summed E-state index contributed by atoms with van der Waals surface area (Å²) in [6.07, 6.45) is 1.98. The molecule has 88 valence electrons. The first-order valence-corrected chi connectivity index (χ1v) is 5.64. The number of nitrogens with one attached hydrogen (secondary N) is 2. The van der Waals surface area contributed by atoms with Crippen LogP contribution >= 0.6 is 11.6 Å². The minimum atomic E-state index is -0.0665. The number of nitrogens with zero attached hydrogens (tertiary/aromatic N) is 1. The Balaban J connectivity index is 2.45. The monoisotopic (exact) mass is 241 g/mol. The summed E-state index contributed by atoms with van der Waals surface area (Å²) in [4.78, 5) is 15.6. The van der Waals surface area contributed by atoms with Crippen LogP contribution in [0.5, 0.6) is 0 Å². The average Bonchev–Trinajstić information content (AvgIpc) is 2.17. The number of hydrogen-bond acceptors (Lipinski definition) is 3. The van der Waals surface area contributed by atoms with Gasteiger partial charge in [0.15, 0.2) is 0 Å². The molecule has 1 aromatic heterocycles. The topological polar surface area (TPSA) is 54.0 Å². The van der Waals surface area contributed by atoms with Crippen LogP contribution in [0.15, 0.2) is 18.3 Å². The number of aromatic nitrogens is 1. The second-order valence-electron chi connectivity index (χ2n) is 3.57. The zero-order chi connectivity index (χ0) is 12.0. The molecular formula is C11H16ClN3O. The predicted molar refractivity (Wildman–Crippen MR) is 65.6 cm³/mol. The highest BCUT2D eigenvalue weighted by atomic mass is 35.5. The van der Waals surface area contributed by atoms with Gasteiger partial charge >= 0.3 is 0 Å². The van der Waals surface area contributed by atoms with Crippen molar-refractivity contribution in [2.45, 2.75) is 26.3 Å². The fourth-order valence-electron chi connectivity index (χ4n) is 1.37. The van der Waals surface area contributed by atoms with Gasteiger partial charge in [0.25, 0.3) is 0 Å². The van der Waals surface area contributed by atoms with Gasteiger partial charge in [-0.05, 0) is 25.6 Å². The summed E-state index contributed by atoms with van der Waals surface area (Å²) in [5.41, 5.74) is 0. The molecule has 1 amide bonds. The first-order valence-electron chi connectivity index (χ1n) is 5.26. The first-order chi connectivity index (χ1) is 7.61. The number of halogens is 1. The van der Waals surface area contributed by atoms with Crippen molar-refractivity contribution in [2.24, 2.45) is 0 Å². The van der Waals surface area contributed by atoms with Gasteiger partial charge in [-0.25, -0.2) is 4.98 Å². The lowest BCUT2D eigenvalue weighted by Crippen LogP contribution is -2.30. The lowest BCUT2D eigenvalue weighted by molar-refractivity contribution is -0.116. The van der Waals surface area contributed by atoms with Crippen LogP contribution in [-0.4, -0.2) is 23.5 Å². The molecule has 0 saturated carbocycles. The summed E-state index contributed by atoms with van der Waals surface area (Å²) < 4.78 is 0. The maximum Gasteiger partial charge on any atom is 0.227 e. The Bertz CT molecular complexity index is 357. The van der Waals surface area contributed by atoms with E-state index in [2.05, 4.69) is 15.6 Å². The van der Waals surface area contributed by atoms with Crippen molar-refractivity contribution in [3.05, 3.63) is 23.4 Å². The second kappa shape index (κ2) is 6.45. The fourth-order valence-corrected chi connectivity index (χ4v) is 1.53. The number of anilines is 1. The van der Waals surface area contributed by atoms with Crippen LogP contribution < -0.4 is 10.6 Å². The number of carbonyl (C=O) groups excluding carboxylic acids is 1. The van der Waals surface area contributed by atoms with E-state index < -0.39 is 0 Å². The molecule has 1 aromatic rings. The molecule has 0 aliphatic carbocycles. The maximum atomic E-state index is 11.6. The number of carbonyl (C=O) groups is 1. The molecule has 1 atom stereocenters. The minimum absolute atomic E-state index is 0.0665. The van der Waals surface area contributed by atoms with E-state index in [0.717, 1.165) is 6.54 Å². The van der Waals surface area contributed by atoms with Crippen LogP contribution in [0.4, 0.5) is 5.82 Å². The molecule has 1 heterocycles. The van der Waals surface area contributed by atoms with Crippen molar-refractivity contribution >= 4 is 23.3 Å². The molecular weight excluding hydrogens is 226 g/mol. The third kappa shape index (κ3) is 4.59. The predicted octanol–water partition coefficient (Wildman–Crippen LogP) is 2.06. The van der Waals surface area contributed by atoms with Gasteiger partial charge in [-0.15, -0.1) is 0 Å². The van der Waals surface area contributed by atoms with E-state index in [4.69, 9.17) is 11.6 Å². The van der Waals surface area contributed by atoms with Gasteiger partial charge in [0.1, 0.15) is 5.82 Å². The van der Waals surface area contributed by atoms with Gasteiger partial charge in [0.2, 0.25) is 5.91 Å². The Morgan fingerprint density at radius 3 is 3.00 bits per heavy atom. The molecule has 0 saturated heterocycles. The number of pyridine rings is 1. The average molecular weight is 242 g/mol. The Hall–Kier alpha value is -1.13. The van der Waals surface area contributed by atoms with E-state index in [-0.39, 0.29) is 11.9 Å². The first kappa shape index (κ1) is 12.9. The molecule has 0 aliphatic heterocycles. The zero-order valence-electron chi connectivity index (χ0n) is 9.46. The molecule has 5 heteroatoms. The fraction of sp³-hybridized carbons (Fsp3) is 0.455. The van der Waals surface area contributed by atoms with Crippen LogP contribution in [0.25, 0.3) is 0 Å². The van der Waals surface area contributed by atoms with Crippen molar-refractivity contribution in [2.75, 3.05) is 11.9 Å². The lowest BCUT2D eigenvalue weighted by Gasteiger charge is -2.11. The van der Waals surface area contributed by atoms with Crippen LogP contribution in [0, 0.1) is 0 Å². The molecule has 1 rings (SSSR count). The molecule has 0 spiro atoms. The normalized spacial score (nSPS) is 12.2. The zero-order valence-corrected chi connectivity index (χ0v) is 10.2. The third-order valence-electron chi connectivity index (χ3n) is 2.03. The number of amides is 1. The smallest absolute Gasteiger partial charge is 0.227 e. The largest absolute Gasteiger partial charge is 0.314 e. The van der Waals surface area contributed by atoms with Crippen LogP contribution in [0.3, 0.4) is 0 Å². The van der Waals surface area contributed by atoms with Crippen molar-refractivity contribution in [1.82, 2.24) is 10.3 Å². The van der Waals surface area contributed by atoms with Gasteiger partial charge < -0.3 is 10.6 Å². The lowest BCUT2D eigenvalue weighted by atomic mass is 10.2. The SMILES string of the molecule is CCNC(C)CC(=O)Nc1cc(Cl)ccn1. The summed E-state index contributed by atoms with van der Waals surface area (Å²) in [6.45, 7) is 4.82. The highest BCUT2D eigenvalue weighted by molar-refractivity contribution is 6.30. The summed E-state index contributed by atoms with van der Waals surface area (Å²) in [7, 11) is 0. The van der Waals surface area contributed by atoms with E-state index >= 15 is 0 Å². The Morgan fingerprint density at radius 2 is 2.38 bits per heavy atom. The van der Waals surface area contributed by atoms with Crippen molar-refractivity contribution < 1.29 is 4.79 Å². The van der Waals surface area contributed by atoms with Gasteiger partial charge in [0.05, 0.1) is 0 Å². The summed E-state index contributed by atoms with van der Waals surface area (Å²) >= 11 is 5.78. The van der Waals surface area contributed by atoms with Crippen LogP contribution in [0.2, 0.25) is 5.02 Å². The van der Waals surface area contributed by atoms with E-state index in [1.165, 1.54) is 0 Å². The highest BCUT2D eigenvalue weighted by Crippen LogP contribution is 2.11. The molecule has 0 aliphatic rings.